The largest absolute Gasteiger partial charge is 0.489 e. The molecule has 34 heavy (non-hydrogen) atoms. The average molecular weight is 464 g/mol. The first-order valence-corrected chi connectivity index (χ1v) is 11.9. The Morgan fingerprint density at radius 1 is 1.06 bits per heavy atom. The Bertz CT molecular complexity index is 1080. The highest BCUT2D eigenvalue weighted by Gasteiger charge is 2.34. The maximum absolute atomic E-state index is 12.6. The molecule has 2 aromatic carbocycles. The summed E-state index contributed by atoms with van der Waals surface area (Å²) in [4.78, 5) is 40.8. The number of rotatable bonds is 5. The van der Waals surface area contributed by atoms with Crippen LogP contribution in [0.1, 0.15) is 46.3 Å². The van der Waals surface area contributed by atoms with Gasteiger partial charge in [0.05, 0.1) is 19.3 Å². The van der Waals surface area contributed by atoms with E-state index in [1.54, 1.807) is 0 Å². The summed E-state index contributed by atoms with van der Waals surface area (Å²) in [6.45, 7) is 4.08. The number of ether oxygens (including phenoxy) is 2. The summed E-state index contributed by atoms with van der Waals surface area (Å²) < 4.78 is 11.5. The third kappa shape index (κ3) is 4.83. The van der Waals surface area contributed by atoms with E-state index in [-0.39, 0.29) is 23.8 Å². The summed E-state index contributed by atoms with van der Waals surface area (Å²) in [7, 11) is 0. The Morgan fingerprint density at radius 3 is 2.65 bits per heavy atom. The van der Waals surface area contributed by atoms with Crippen molar-refractivity contribution in [3.63, 3.8) is 0 Å². The molecule has 5 rings (SSSR count). The van der Waals surface area contributed by atoms with Crippen molar-refractivity contribution in [3.05, 3.63) is 64.7 Å². The Hall–Kier alpha value is -3.23. The summed E-state index contributed by atoms with van der Waals surface area (Å²) in [6, 6.07) is 13.2. The van der Waals surface area contributed by atoms with Crippen LogP contribution in [0.25, 0.3) is 0 Å². The van der Waals surface area contributed by atoms with Crippen LogP contribution in [0.2, 0.25) is 0 Å². The van der Waals surface area contributed by atoms with Crippen molar-refractivity contribution in [2.45, 2.75) is 45.0 Å². The second kappa shape index (κ2) is 9.95. The average Bonchev–Trinajstić information content (AvgIpc) is 3.22. The van der Waals surface area contributed by atoms with Crippen molar-refractivity contribution >= 4 is 17.7 Å². The maximum atomic E-state index is 12.6. The molecule has 0 spiro atoms. The second-order valence-electron chi connectivity index (χ2n) is 9.01. The highest BCUT2D eigenvalue weighted by Crippen LogP contribution is 2.33. The zero-order valence-corrected chi connectivity index (χ0v) is 19.1. The standard InChI is InChI=1S/C26H29N3O5/c30-24-6-2-4-22(25(31)27-24)29-15-20-3-1-5-23(21(20)16-29)34-17-18-7-9-19(10-8-18)26(32)28-11-13-33-14-12-28/h1,3,5,7-10,22H,2,4,6,11-17H2,(H,27,30,31). The van der Waals surface area contributed by atoms with Gasteiger partial charge in [-0.3, -0.25) is 24.6 Å². The molecule has 0 aromatic heterocycles. The first-order valence-electron chi connectivity index (χ1n) is 11.9. The maximum Gasteiger partial charge on any atom is 0.254 e. The van der Waals surface area contributed by atoms with Crippen LogP contribution >= 0.6 is 0 Å². The molecule has 1 atom stereocenters. The van der Waals surface area contributed by atoms with Crippen molar-refractivity contribution in [3.8, 4) is 5.75 Å². The van der Waals surface area contributed by atoms with E-state index in [1.807, 2.05) is 41.3 Å². The molecule has 2 fully saturated rings. The third-order valence-electron chi connectivity index (χ3n) is 6.75. The zero-order chi connectivity index (χ0) is 23.5. The van der Waals surface area contributed by atoms with E-state index in [1.165, 1.54) is 0 Å². The highest BCUT2D eigenvalue weighted by molar-refractivity contribution is 5.98. The summed E-state index contributed by atoms with van der Waals surface area (Å²) in [5.41, 5.74) is 3.88. The van der Waals surface area contributed by atoms with Gasteiger partial charge in [0, 0.05) is 43.7 Å². The number of carbonyl (C=O) groups is 3. The quantitative estimate of drug-likeness (QED) is 0.685. The summed E-state index contributed by atoms with van der Waals surface area (Å²) in [6.07, 6.45) is 1.79. The SMILES string of the molecule is O=C1CCCC(N2Cc3cccc(OCc4ccc(C(=O)N5CCOCC5)cc4)c3C2)C(=O)N1. The molecule has 0 bridgehead atoms. The number of carbonyl (C=O) groups excluding carboxylic acids is 3. The number of hydrogen-bond donors (Lipinski definition) is 1. The van der Waals surface area contributed by atoms with Crippen molar-refractivity contribution < 1.29 is 23.9 Å². The number of morpholine rings is 1. The number of fused-ring (bicyclic) bond motifs is 1. The molecule has 0 aliphatic carbocycles. The molecule has 1 N–H and O–H groups in total. The smallest absolute Gasteiger partial charge is 0.254 e. The van der Waals surface area contributed by atoms with E-state index in [4.69, 9.17) is 9.47 Å². The van der Waals surface area contributed by atoms with Gasteiger partial charge in [-0.1, -0.05) is 24.3 Å². The molecule has 8 nitrogen and oxygen atoms in total. The number of benzene rings is 2. The lowest BCUT2D eigenvalue weighted by atomic mass is 10.1. The van der Waals surface area contributed by atoms with Gasteiger partial charge in [0.2, 0.25) is 11.8 Å². The fourth-order valence-electron chi connectivity index (χ4n) is 4.84. The molecule has 3 amide bonds. The fourth-order valence-corrected chi connectivity index (χ4v) is 4.84. The first-order chi connectivity index (χ1) is 16.6. The minimum Gasteiger partial charge on any atom is -0.489 e. The Balaban J connectivity index is 1.22. The zero-order valence-electron chi connectivity index (χ0n) is 19.1. The van der Waals surface area contributed by atoms with Crippen LogP contribution in [0.15, 0.2) is 42.5 Å². The Labute approximate surface area is 198 Å². The number of amides is 3. The van der Waals surface area contributed by atoms with E-state index in [0.29, 0.717) is 70.8 Å². The van der Waals surface area contributed by atoms with Crippen LogP contribution < -0.4 is 10.1 Å². The van der Waals surface area contributed by atoms with Crippen LogP contribution in [0.5, 0.6) is 5.75 Å². The number of imide groups is 1. The topological polar surface area (TPSA) is 88.2 Å². The second-order valence-corrected chi connectivity index (χ2v) is 9.01. The van der Waals surface area contributed by atoms with Gasteiger partial charge in [-0.25, -0.2) is 0 Å². The number of nitrogens with one attached hydrogen (secondary N) is 1. The third-order valence-corrected chi connectivity index (χ3v) is 6.75. The lowest BCUT2D eigenvalue weighted by molar-refractivity contribution is -0.132. The molecule has 0 saturated carbocycles. The Kier molecular flexibility index (Phi) is 6.60. The van der Waals surface area contributed by atoms with Crippen LogP contribution in [-0.2, 0) is 34.0 Å². The van der Waals surface area contributed by atoms with Gasteiger partial charge in [0.25, 0.3) is 5.91 Å². The minimum atomic E-state index is -0.303. The van der Waals surface area contributed by atoms with Crippen molar-refractivity contribution in [1.29, 1.82) is 0 Å². The normalized spacial score (nSPS) is 21.1. The molecule has 1 unspecified atom stereocenters. The predicted molar refractivity (Wildman–Crippen MR) is 124 cm³/mol. The van der Waals surface area contributed by atoms with Gasteiger partial charge in [-0.2, -0.15) is 0 Å². The van der Waals surface area contributed by atoms with Crippen LogP contribution in [0.4, 0.5) is 0 Å². The fraction of sp³-hybridized carbons (Fsp3) is 0.423. The lowest BCUT2D eigenvalue weighted by Crippen LogP contribution is -2.44. The number of hydrogen-bond acceptors (Lipinski definition) is 6. The lowest BCUT2D eigenvalue weighted by Gasteiger charge is -2.26. The van der Waals surface area contributed by atoms with E-state index in [0.717, 1.165) is 22.4 Å². The number of nitrogens with zero attached hydrogens (tertiary/aromatic N) is 2. The Morgan fingerprint density at radius 2 is 1.85 bits per heavy atom. The molecule has 2 saturated heterocycles. The molecule has 178 valence electrons. The summed E-state index contributed by atoms with van der Waals surface area (Å²) in [5.74, 6) is 0.440. The van der Waals surface area contributed by atoms with Gasteiger partial charge in [-0.05, 0) is 42.2 Å². The van der Waals surface area contributed by atoms with Crippen LogP contribution in [-0.4, -0.2) is 59.9 Å². The van der Waals surface area contributed by atoms with E-state index in [9.17, 15) is 14.4 Å². The highest BCUT2D eigenvalue weighted by atomic mass is 16.5. The van der Waals surface area contributed by atoms with Gasteiger partial charge in [0.1, 0.15) is 12.4 Å². The summed E-state index contributed by atoms with van der Waals surface area (Å²) in [5, 5.41) is 2.51. The van der Waals surface area contributed by atoms with E-state index in [2.05, 4.69) is 16.3 Å². The predicted octanol–water partition coefficient (Wildman–Crippen LogP) is 2.25. The molecule has 3 heterocycles. The van der Waals surface area contributed by atoms with Gasteiger partial charge < -0.3 is 14.4 Å². The van der Waals surface area contributed by atoms with Crippen molar-refractivity contribution in [1.82, 2.24) is 15.1 Å². The summed E-state index contributed by atoms with van der Waals surface area (Å²) >= 11 is 0. The minimum absolute atomic E-state index is 0.0287. The van der Waals surface area contributed by atoms with Crippen LogP contribution in [0, 0.1) is 0 Å². The van der Waals surface area contributed by atoms with Crippen molar-refractivity contribution in [2.24, 2.45) is 0 Å². The molecular formula is C26H29N3O5. The first kappa shape index (κ1) is 22.6. The van der Waals surface area contributed by atoms with E-state index < -0.39 is 0 Å². The van der Waals surface area contributed by atoms with Gasteiger partial charge in [0.15, 0.2) is 0 Å². The van der Waals surface area contributed by atoms with Gasteiger partial charge >= 0.3 is 0 Å². The molecule has 3 aliphatic heterocycles. The molecule has 8 heteroatoms. The monoisotopic (exact) mass is 463 g/mol. The van der Waals surface area contributed by atoms with Crippen molar-refractivity contribution in [2.75, 3.05) is 26.3 Å². The van der Waals surface area contributed by atoms with Gasteiger partial charge in [-0.15, -0.1) is 0 Å². The van der Waals surface area contributed by atoms with Crippen LogP contribution in [0.3, 0.4) is 0 Å². The van der Waals surface area contributed by atoms with E-state index >= 15 is 0 Å². The molecule has 3 aliphatic rings. The molecule has 2 aromatic rings. The molecule has 0 radical (unpaired) electrons. The molecular weight excluding hydrogens is 434 g/mol.